The number of ether oxygens (including phenoxy) is 2. The summed E-state index contributed by atoms with van der Waals surface area (Å²) in [5, 5.41) is 13.8. The van der Waals surface area contributed by atoms with Crippen LogP contribution in [-0.2, 0) is 16.0 Å². The van der Waals surface area contributed by atoms with Crippen molar-refractivity contribution >= 4 is 0 Å². The topological polar surface area (TPSA) is 56.5 Å². The summed E-state index contributed by atoms with van der Waals surface area (Å²) in [6.45, 7) is 4.73. The minimum absolute atomic E-state index is 0.411. The van der Waals surface area contributed by atoms with Crippen LogP contribution in [0.2, 0.25) is 0 Å². The van der Waals surface area contributed by atoms with E-state index in [0.717, 1.165) is 18.6 Å². The van der Waals surface area contributed by atoms with Crippen molar-refractivity contribution in [2.75, 3.05) is 26.9 Å². The van der Waals surface area contributed by atoms with Crippen molar-refractivity contribution < 1.29 is 14.6 Å². The van der Waals surface area contributed by atoms with E-state index in [0.29, 0.717) is 26.2 Å². The zero-order valence-electron chi connectivity index (χ0n) is 10.6. The molecule has 98 valence electrons. The predicted octanol–water partition coefficient (Wildman–Crippen LogP) is 1.38. The Balaban J connectivity index is 2.16. The summed E-state index contributed by atoms with van der Waals surface area (Å²) in [6.07, 6.45) is 4.78. The van der Waals surface area contributed by atoms with Crippen molar-refractivity contribution in [3.8, 4) is 0 Å². The second kappa shape index (κ2) is 8.22. The molecule has 1 atom stereocenters. The van der Waals surface area contributed by atoms with Gasteiger partial charge in [-0.05, 0) is 12.8 Å². The highest BCUT2D eigenvalue weighted by molar-refractivity contribution is 5.07. The summed E-state index contributed by atoms with van der Waals surface area (Å²) in [7, 11) is 1.68. The molecule has 0 saturated heterocycles. The van der Waals surface area contributed by atoms with Gasteiger partial charge in [0.1, 0.15) is 0 Å². The van der Waals surface area contributed by atoms with Gasteiger partial charge in [0, 0.05) is 32.1 Å². The Morgan fingerprint density at radius 1 is 1.41 bits per heavy atom. The van der Waals surface area contributed by atoms with Gasteiger partial charge in [0.15, 0.2) is 0 Å². The molecule has 0 aliphatic heterocycles. The lowest BCUT2D eigenvalue weighted by atomic mass is 10.2. The predicted molar refractivity (Wildman–Crippen MR) is 64.8 cm³/mol. The smallest absolute Gasteiger partial charge is 0.0817 e. The van der Waals surface area contributed by atoms with Crippen LogP contribution >= 0.6 is 0 Å². The molecule has 0 aliphatic carbocycles. The van der Waals surface area contributed by atoms with E-state index in [9.17, 15) is 5.11 Å². The standard InChI is InChI=1S/C12H22N2O3/c1-3-12(15)11-9-13-14(10-11)5-8-17-7-4-6-16-2/h9-10,12,15H,3-8H2,1-2H3. The number of rotatable bonds is 9. The SMILES string of the molecule is CCC(O)c1cnn(CCOCCCOC)c1. The lowest BCUT2D eigenvalue weighted by molar-refractivity contribution is 0.0960. The Kier molecular flexibility index (Phi) is 6.84. The van der Waals surface area contributed by atoms with Gasteiger partial charge < -0.3 is 14.6 Å². The summed E-state index contributed by atoms with van der Waals surface area (Å²) in [5.74, 6) is 0. The van der Waals surface area contributed by atoms with Crippen LogP contribution in [0, 0.1) is 0 Å². The van der Waals surface area contributed by atoms with E-state index in [2.05, 4.69) is 5.10 Å². The van der Waals surface area contributed by atoms with Crippen LogP contribution in [0.5, 0.6) is 0 Å². The van der Waals surface area contributed by atoms with Crippen LogP contribution in [0.3, 0.4) is 0 Å². The first-order chi connectivity index (χ1) is 8.27. The van der Waals surface area contributed by atoms with Crippen molar-refractivity contribution in [3.63, 3.8) is 0 Å². The maximum atomic E-state index is 9.61. The Morgan fingerprint density at radius 2 is 2.24 bits per heavy atom. The van der Waals surface area contributed by atoms with E-state index in [1.54, 1.807) is 18.0 Å². The summed E-state index contributed by atoms with van der Waals surface area (Å²) >= 11 is 0. The molecule has 0 spiro atoms. The van der Waals surface area contributed by atoms with E-state index >= 15 is 0 Å². The van der Waals surface area contributed by atoms with Crippen molar-refractivity contribution in [2.24, 2.45) is 0 Å². The fourth-order valence-corrected chi connectivity index (χ4v) is 1.48. The minimum Gasteiger partial charge on any atom is -0.388 e. The van der Waals surface area contributed by atoms with E-state index < -0.39 is 6.10 Å². The second-order valence-corrected chi connectivity index (χ2v) is 3.92. The van der Waals surface area contributed by atoms with Gasteiger partial charge in [0.25, 0.3) is 0 Å². The first-order valence-corrected chi connectivity index (χ1v) is 6.05. The fourth-order valence-electron chi connectivity index (χ4n) is 1.48. The van der Waals surface area contributed by atoms with E-state index in [-0.39, 0.29) is 0 Å². The first-order valence-electron chi connectivity index (χ1n) is 6.05. The van der Waals surface area contributed by atoms with Gasteiger partial charge in [-0.25, -0.2) is 0 Å². The Hall–Kier alpha value is -0.910. The van der Waals surface area contributed by atoms with Gasteiger partial charge in [-0.3, -0.25) is 4.68 Å². The number of hydrogen-bond donors (Lipinski definition) is 1. The molecule has 0 bridgehead atoms. The first kappa shape index (κ1) is 14.2. The van der Waals surface area contributed by atoms with Crippen LogP contribution in [0.25, 0.3) is 0 Å². The van der Waals surface area contributed by atoms with Crippen LogP contribution in [0.1, 0.15) is 31.4 Å². The normalized spacial score (nSPS) is 12.9. The molecule has 0 radical (unpaired) electrons. The highest BCUT2D eigenvalue weighted by Gasteiger charge is 2.06. The van der Waals surface area contributed by atoms with Gasteiger partial charge in [0.2, 0.25) is 0 Å². The third kappa shape index (κ3) is 5.30. The molecule has 1 N–H and O–H groups in total. The molecule has 5 nitrogen and oxygen atoms in total. The largest absolute Gasteiger partial charge is 0.388 e. The van der Waals surface area contributed by atoms with E-state index in [1.807, 2.05) is 13.1 Å². The lowest BCUT2D eigenvalue weighted by Crippen LogP contribution is -2.08. The van der Waals surface area contributed by atoms with Crippen LogP contribution in [0.15, 0.2) is 12.4 Å². The highest BCUT2D eigenvalue weighted by atomic mass is 16.5. The Bertz CT molecular complexity index is 302. The summed E-state index contributed by atoms with van der Waals surface area (Å²) < 4.78 is 12.2. The van der Waals surface area contributed by atoms with Crippen molar-refractivity contribution in [1.29, 1.82) is 0 Å². The minimum atomic E-state index is -0.411. The number of aliphatic hydroxyl groups excluding tert-OH is 1. The molecule has 0 fully saturated rings. The van der Waals surface area contributed by atoms with Crippen molar-refractivity contribution in [2.45, 2.75) is 32.4 Å². The third-order valence-corrected chi connectivity index (χ3v) is 2.53. The second-order valence-electron chi connectivity index (χ2n) is 3.92. The molecule has 1 aromatic rings. The molecule has 1 heterocycles. The number of aromatic nitrogens is 2. The molecule has 0 saturated carbocycles. The quantitative estimate of drug-likeness (QED) is 0.665. The van der Waals surface area contributed by atoms with Crippen LogP contribution in [-0.4, -0.2) is 41.8 Å². The molecule has 0 amide bonds. The molecule has 5 heteroatoms. The van der Waals surface area contributed by atoms with Gasteiger partial charge >= 0.3 is 0 Å². The lowest BCUT2D eigenvalue weighted by Gasteiger charge is -2.05. The maximum absolute atomic E-state index is 9.61. The number of aliphatic hydroxyl groups is 1. The average Bonchev–Trinajstić information content (AvgIpc) is 2.81. The fraction of sp³-hybridized carbons (Fsp3) is 0.750. The molecular formula is C12H22N2O3. The zero-order valence-corrected chi connectivity index (χ0v) is 10.6. The zero-order chi connectivity index (χ0) is 12.5. The van der Waals surface area contributed by atoms with Gasteiger partial charge in [-0.2, -0.15) is 5.10 Å². The summed E-state index contributed by atoms with van der Waals surface area (Å²) in [5.41, 5.74) is 0.867. The maximum Gasteiger partial charge on any atom is 0.0817 e. The molecule has 0 aliphatic rings. The Labute approximate surface area is 102 Å². The van der Waals surface area contributed by atoms with Gasteiger partial charge in [-0.1, -0.05) is 6.92 Å². The van der Waals surface area contributed by atoms with E-state index in [1.165, 1.54) is 0 Å². The molecule has 1 rings (SSSR count). The highest BCUT2D eigenvalue weighted by Crippen LogP contribution is 2.14. The van der Waals surface area contributed by atoms with Gasteiger partial charge in [-0.15, -0.1) is 0 Å². The summed E-state index contributed by atoms with van der Waals surface area (Å²) in [6, 6.07) is 0. The molecule has 1 unspecified atom stereocenters. The number of nitrogens with zero attached hydrogens (tertiary/aromatic N) is 2. The Morgan fingerprint density at radius 3 is 2.94 bits per heavy atom. The molecule has 17 heavy (non-hydrogen) atoms. The average molecular weight is 242 g/mol. The van der Waals surface area contributed by atoms with Crippen molar-refractivity contribution in [1.82, 2.24) is 9.78 Å². The number of methoxy groups -OCH3 is 1. The number of hydrogen-bond acceptors (Lipinski definition) is 4. The van der Waals surface area contributed by atoms with Crippen molar-refractivity contribution in [3.05, 3.63) is 18.0 Å². The molecule has 1 aromatic heterocycles. The molecular weight excluding hydrogens is 220 g/mol. The van der Waals surface area contributed by atoms with Crippen LogP contribution in [0.4, 0.5) is 0 Å². The molecule has 0 aromatic carbocycles. The van der Waals surface area contributed by atoms with Gasteiger partial charge in [0.05, 0.1) is 25.5 Å². The van der Waals surface area contributed by atoms with E-state index in [4.69, 9.17) is 9.47 Å². The summed E-state index contributed by atoms with van der Waals surface area (Å²) in [4.78, 5) is 0. The monoisotopic (exact) mass is 242 g/mol. The third-order valence-electron chi connectivity index (χ3n) is 2.53. The van der Waals surface area contributed by atoms with Crippen LogP contribution < -0.4 is 0 Å².